The average molecular weight is 393 g/mol. The van der Waals surface area contributed by atoms with Crippen LogP contribution in [0.2, 0.25) is 0 Å². The van der Waals surface area contributed by atoms with Gasteiger partial charge in [-0.05, 0) is 37.1 Å². The van der Waals surface area contributed by atoms with Crippen molar-refractivity contribution in [3.8, 4) is 5.69 Å². The minimum Gasteiger partial charge on any atom is -0.282 e. The SMILES string of the molecule is Cc1ccccc1-n1c(SCC(=O)N2CCCC2=O)nc2ccccc2c1=O. The van der Waals surface area contributed by atoms with Crippen LogP contribution in [-0.2, 0) is 9.59 Å². The number of carbonyl (C=O) groups is 2. The van der Waals surface area contributed by atoms with E-state index in [-0.39, 0.29) is 23.1 Å². The summed E-state index contributed by atoms with van der Waals surface area (Å²) in [5.74, 6) is -0.317. The monoisotopic (exact) mass is 393 g/mol. The highest BCUT2D eigenvalue weighted by Crippen LogP contribution is 2.24. The van der Waals surface area contributed by atoms with Gasteiger partial charge in [-0.3, -0.25) is 23.9 Å². The number of hydrogen-bond acceptors (Lipinski definition) is 5. The normalized spacial score (nSPS) is 14.0. The van der Waals surface area contributed by atoms with Gasteiger partial charge in [0.25, 0.3) is 5.56 Å². The van der Waals surface area contributed by atoms with E-state index in [1.165, 1.54) is 16.7 Å². The summed E-state index contributed by atoms with van der Waals surface area (Å²) in [6.45, 7) is 2.40. The van der Waals surface area contributed by atoms with Crippen molar-refractivity contribution in [3.05, 3.63) is 64.4 Å². The molecule has 0 atom stereocenters. The van der Waals surface area contributed by atoms with Gasteiger partial charge in [0, 0.05) is 13.0 Å². The van der Waals surface area contributed by atoms with Gasteiger partial charge in [-0.15, -0.1) is 0 Å². The third-order valence-corrected chi connectivity index (χ3v) is 5.72. The van der Waals surface area contributed by atoms with Crippen LogP contribution in [0.4, 0.5) is 0 Å². The first-order valence-corrected chi connectivity index (χ1v) is 10.1. The fraction of sp³-hybridized carbons (Fsp3) is 0.238. The van der Waals surface area contributed by atoms with Crippen molar-refractivity contribution in [1.82, 2.24) is 14.5 Å². The van der Waals surface area contributed by atoms with Gasteiger partial charge in [0.05, 0.1) is 22.3 Å². The molecule has 7 heteroatoms. The van der Waals surface area contributed by atoms with E-state index in [0.717, 1.165) is 11.3 Å². The summed E-state index contributed by atoms with van der Waals surface area (Å²) in [6, 6.07) is 14.7. The molecule has 0 aliphatic carbocycles. The van der Waals surface area contributed by atoms with Crippen molar-refractivity contribution < 1.29 is 9.59 Å². The third-order valence-electron chi connectivity index (χ3n) is 4.80. The standard InChI is InChI=1S/C21H19N3O3S/c1-14-7-2-5-10-17(14)24-20(27)15-8-3-4-9-16(15)22-21(24)28-13-19(26)23-12-6-11-18(23)25/h2-5,7-10H,6,11-13H2,1H3. The van der Waals surface area contributed by atoms with Crippen molar-refractivity contribution in [2.75, 3.05) is 12.3 Å². The molecule has 142 valence electrons. The highest BCUT2D eigenvalue weighted by Gasteiger charge is 2.26. The van der Waals surface area contributed by atoms with Crippen molar-refractivity contribution in [2.45, 2.75) is 24.9 Å². The highest BCUT2D eigenvalue weighted by atomic mass is 32.2. The van der Waals surface area contributed by atoms with Crippen molar-refractivity contribution >= 4 is 34.5 Å². The molecule has 3 aromatic rings. The Hall–Kier alpha value is -2.93. The van der Waals surface area contributed by atoms with Gasteiger partial charge in [-0.1, -0.05) is 42.1 Å². The van der Waals surface area contributed by atoms with E-state index in [0.29, 0.717) is 35.4 Å². The maximum absolute atomic E-state index is 13.2. The quantitative estimate of drug-likeness (QED) is 0.503. The molecule has 1 aliphatic rings. The van der Waals surface area contributed by atoms with E-state index in [1.54, 1.807) is 16.7 Å². The topological polar surface area (TPSA) is 72.3 Å². The Labute approximate surface area is 166 Å². The molecule has 0 bridgehead atoms. The maximum Gasteiger partial charge on any atom is 0.266 e. The summed E-state index contributed by atoms with van der Waals surface area (Å²) in [6.07, 6.45) is 1.12. The van der Waals surface area contributed by atoms with Crippen LogP contribution < -0.4 is 5.56 Å². The zero-order valence-electron chi connectivity index (χ0n) is 15.4. The number of carbonyl (C=O) groups excluding carboxylic acids is 2. The lowest BCUT2D eigenvalue weighted by atomic mass is 10.2. The van der Waals surface area contributed by atoms with Crippen LogP contribution >= 0.6 is 11.8 Å². The number of amides is 2. The summed E-state index contributed by atoms with van der Waals surface area (Å²) in [4.78, 5) is 43.4. The third kappa shape index (κ3) is 3.33. The van der Waals surface area contributed by atoms with E-state index in [4.69, 9.17) is 0 Å². The molecule has 28 heavy (non-hydrogen) atoms. The van der Waals surface area contributed by atoms with Gasteiger partial charge < -0.3 is 0 Å². The lowest BCUT2D eigenvalue weighted by molar-refractivity contribution is -0.140. The van der Waals surface area contributed by atoms with Gasteiger partial charge in [0.1, 0.15) is 0 Å². The number of likely N-dealkylation sites (tertiary alicyclic amines) is 1. The molecular formula is C21H19N3O3S. The first kappa shape index (κ1) is 18.4. The van der Waals surface area contributed by atoms with Gasteiger partial charge in [0.2, 0.25) is 11.8 Å². The van der Waals surface area contributed by atoms with Crippen LogP contribution in [0, 0.1) is 6.92 Å². The molecule has 1 saturated heterocycles. The minimum absolute atomic E-state index is 0.0579. The number of rotatable bonds is 4. The van der Waals surface area contributed by atoms with E-state index >= 15 is 0 Å². The lowest BCUT2D eigenvalue weighted by Gasteiger charge is -2.16. The Morgan fingerprint density at radius 1 is 1.11 bits per heavy atom. The number of hydrogen-bond donors (Lipinski definition) is 0. The maximum atomic E-state index is 13.2. The summed E-state index contributed by atoms with van der Waals surface area (Å²) in [7, 11) is 0. The fourth-order valence-corrected chi connectivity index (χ4v) is 4.23. The second-order valence-corrected chi connectivity index (χ2v) is 7.61. The molecule has 0 unspecified atom stereocenters. The number of nitrogens with zero attached hydrogens (tertiary/aromatic N) is 3. The summed E-state index contributed by atoms with van der Waals surface area (Å²) < 4.78 is 1.56. The van der Waals surface area contributed by atoms with Crippen LogP contribution in [0.15, 0.2) is 58.5 Å². The molecule has 1 fully saturated rings. The van der Waals surface area contributed by atoms with Gasteiger partial charge in [-0.2, -0.15) is 0 Å². The number of thioether (sulfide) groups is 1. The zero-order valence-corrected chi connectivity index (χ0v) is 16.2. The smallest absolute Gasteiger partial charge is 0.266 e. The highest BCUT2D eigenvalue weighted by molar-refractivity contribution is 7.99. The number of imide groups is 1. The van der Waals surface area contributed by atoms with Crippen LogP contribution in [0.25, 0.3) is 16.6 Å². The van der Waals surface area contributed by atoms with Crippen LogP contribution in [0.5, 0.6) is 0 Å². The van der Waals surface area contributed by atoms with E-state index in [2.05, 4.69) is 4.98 Å². The summed E-state index contributed by atoms with van der Waals surface area (Å²) in [5, 5.41) is 0.967. The number of aryl methyl sites for hydroxylation is 1. The van der Waals surface area contributed by atoms with Gasteiger partial charge in [0.15, 0.2) is 5.16 Å². The molecule has 2 aromatic carbocycles. The molecule has 1 aromatic heterocycles. The Balaban J connectivity index is 1.77. The lowest BCUT2D eigenvalue weighted by Crippen LogP contribution is -2.33. The predicted molar refractivity (Wildman–Crippen MR) is 109 cm³/mol. The van der Waals surface area contributed by atoms with E-state index in [9.17, 15) is 14.4 Å². The van der Waals surface area contributed by atoms with Crippen LogP contribution in [0.1, 0.15) is 18.4 Å². The second kappa shape index (κ2) is 7.59. The van der Waals surface area contributed by atoms with Crippen molar-refractivity contribution in [3.63, 3.8) is 0 Å². The van der Waals surface area contributed by atoms with E-state index in [1.807, 2.05) is 43.3 Å². The predicted octanol–water partition coefficient (Wildman–Crippen LogP) is 2.94. The van der Waals surface area contributed by atoms with E-state index < -0.39 is 0 Å². The average Bonchev–Trinajstić information content (AvgIpc) is 3.13. The molecule has 1 aliphatic heterocycles. The summed E-state index contributed by atoms with van der Waals surface area (Å²) >= 11 is 1.19. The first-order chi connectivity index (χ1) is 13.6. The number of para-hydroxylation sites is 2. The van der Waals surface area contributed by atoms with Gasteiger partial charge >= 0.3 is 0 Å². The fourth-order valence-electron chi connectivity index (χ4n) is 3.35. The van der Waals surface area contributed by atoms with Crippen molar-refractivity contribution in [2.24, 2.45) is 0 Å². The Kier molecular flexibility index (Phi) is 5.00. The largest absolute Gasteiger partial charge is 0.282 e. The first-order valence-electron chi connectivity index (χ1n) is 9.10. The Morgan fingerprint density at radius 2 is 1.86 bits per heavy atom. The van der Waals surface area contributed by atoms with Crippen molar-refractivity contribution in [1.29, 1.82) is 0 Å². The molecule has 0 saturated carbocycles. The Bertz CT molecular complexity index is 1140. The zero-order chi connectivity index (χ0) is 19.7. The molecule has 0 radical (unpaired) electrons. The van der Waals surface area contributed by atoms with Crippen LogP contribution in [0.3, 0.4) is 0 Å². The minimum atomic E-state index is -0.244. The molecule has 2 heterocycles. The number of fused-ring (bicyclic) bond motifs is 1. The summed E-state index contributed by atoms with van der Waals surface area (Å²) in [5.41, 5.74) is 2.08. The second-order valence-electron chi connectivity index (χ2n) is 6.67. The molecule has 0 N–H and O–H groups in total. The molecule has 4 rings (SSSR count). The number of benzene rings is 2. The van der Waals surface area contributed by atoms with Crippen LogP contribution in [-0.4, -0.2) is 38.6 Å². The molecule has 2 amide bonds. The number of aromatic nitrogens is 2. The Morgan fingerprint density at radius 3 is 2.61 bits per heavy atom. The van der Waals surface area contributed by atoms with Gasteiger partial charge in [-0.25, -0.2) is 4.98 Å². The molecular weight excluding hydrogens is 374 g/mol. The molecule has 6 nitrogen and oxygen atoms in total. The molecule has 0 spiro atoms.